The zero-order valence-corrected chi connectivity index (χ0v) is 15.2. The third kappa shape index (κ3) is 3.31. The molecule has 126 valence electrons. The first kappa shape index (κ1) is 16.6. The Bertz CT molecular complexity index is 898. The summed E-state index contributed by atoms with van der Waals surface area (Å²) in [6, 6.07) is 3.61. The lowest BCUT2D eigenvalue weighted by molar-refractivity contribution is 0.463. The van der Waals surface area contributed by atoms with E-state index in [1.807, 2.05) is 19.9 Å². The van der Waals surface area contributed by atoms with E-state index in [2.05, 4.69) is 46.3 Å². The van der Waals surface area contributed by atoms with Crippen LogP contribution in [0.25, 0.3) is 10.9 Å². The summed E-state index contributed by atoms with van der Waals surface area (Å²) in [7, 11) is 0. The van der Waals surface area contributed by atoms with Crippen LogP contribution in [0.3, 0.4) is 0 Å². The highest BCUT2D eigenvalue weighted by Crippen LogP contribution is 2.40. The standard InChI is InChI=1S/C17H21N5OS/c1-9-10(2)21-22-15(9)20-16-11-6-14(24-17(3,4)5)13(23)7-12(11)18-8-19-16/h6-8,23H,1-5H3,(H2,18,19,20,21,22). The van der Waals surface area contributed by atoms with Crippen LogP contribution in [0.1, 0.15) is 32.0 Å². The number of hydrogen-bond acceptors (Lipinski definition) is 6. The predicted octanol–water partition coefficient (Wildman–Crippen LogP) is 4.31. The topological polar surface area (TPSA) is 86.7 Å². The molecule has 0 spiro atoms. The number of aromatic amines is 1. The fraction of sp³-hybridized carbons (Fsp3) is 0.353. The second-order valence-electron chi connectivity index (χ2n) is 6.72. The van der Waals surface area contributed by atoms with Gasteiger partial charge in [0.1, 0.15) is 17.9 Å². The molecule has 0 aliphatic carbocycles. The maximum Gasteiger partial charge on any atom is 0.156 e. The average Bonchev–Trinajstić information content (AvgIpc) is 2.79. The molecule has 0 unspecified atom stereocenters. The summed E-state index contributed by atoms with van der Waals surface area (Å²) in [6.07, 6.45) is 1.48. The fourth-order valence-electron chi connectivity index (χ4n) is 2.30. The summed E-state index contributed by atoms with van der Waals surface area (Å²) in [5.41, 5.74) is 2.75. The number of aryl methyl sites for hydroxylation is 1. The van der Waals surface area contributed by atoms with E-state index in [9.17, 15) is 5.11 Å². The number of phenolic OH excluding ortho intramolecular Hbond substituents is 1. The lowest BCUT2D eigenvalue weighted by Crippen LogP contribution is -2.06. The Kier molecular flexibility index (Phi) is 4.13. The maximum absolute atomic E-state index is 10.3. The van der Waals surface area contributed by atoms with Crippen molar-refractivity contribution in [1.29, 1.82) is 0 Å². The van der Waals surface area contributed by atoms with Gasteiger partial charge in [0.05, 0.1) is 10.4 Å². The summed E-state index contributed by atoms with van der Waals surface area (Å²) < 4.78 is -0.00964. The minimum Gasteiger partial charge on any atom is -0.507 e. The molecule has 0 saturated carbocycles. The lowest BCUT2D eigenvalue weighted by Gasteiger charge is -2.19. The van der Waals surface area contributed by atoms with E-state index in [1.54, 1.807) is 17.8 Å². The van der Waals surface area contributed by atoms with E-state index in [4.69, 9.17) is 0 Å². The number of H-pyrrole nitrogens is 1. The van der Waals surface area contributed by atoms with Gasteiger partial charge in [-0.1, -0.05) is 20.8 Å². The Balaban J connectivity index is 2.08. The number of hydrogen-bond donors (Lipinski definition) is 3. The van der Waals surface area contributed by atoms with Crippen molar-refractivity contribution in [2.45, 2.75) is 44.3 Å². The minimum absolute atomic E-state index is 0.00964. The van der Waals surface area contributed by atoms with Crippen LogP contribution in [0.4, 0.5) is 11.6 Å². The molecule has 1 aromatic carbocycles. The molecule has 0 amide bonds. The zero-order valence-electron chi connectivity index (χ0n) is 14.4. The Hall–Kier alpha value is -2.28. The highest BCUT2D eigenvalue weighted by molar-refractivity contribution is 8.00. The van der Waals surface area contributed by atoms with Gasteiger partial charge in [-0.3, -0.25) is 5.10 Å². The molecule has 0 aliphatic rings. The maximum atomic E-state index is 10.3. The normalized spacial score (nSPS) is 11.9. The van der Waals surface area contributed by atoms with Crippen molar-refractivity contribution in [1.82, 2.24) is 20.2 Å². The van der Waals surface area contributed by atoms with Crippen LogP contribution in [0.15, 0.2) is 23.4 Å². The van der Waals surface area contributed by atoms with Crippen LogP contribution in [-0.4, -0.2) is 30.0 Å². The van der Waals surface area contributed by atoms with E-state index >= 15 is 0 Å². The Morgan fingerprint density at radius 2 is 1.88 bits per heavy atom. The number of thioether (sulfide) groups is 1. The van der Waals surface area contributed by atoms with E-state index in [-0.39, 0.29) is 10.5 Å². The first-order valence-electron chi connectivity index (χ1n) is 7.70. The number of benzene rings is 1. The Labute approximate surface area is 145 Å². The molecule has 0 bridgehead atoms. The summed E-state index contributed by atoms with van der Waals surface area (Å²) in [5, 5.41) is 21.6. The number of nitrogens with one attached hydrogen (secondary N) is 2. The van der Waals surface area contributed by atoms with Crippen molar-refractivity contribution in [3.63, 3.8) is 0 Å². The molecule has 7 heteroatoms. The number of phenols is 1. The largest absolute Gasteiger partial charge is 0.507 e. The number of nitrogens with zero attached hydrogens (tertiary/aromatic N) is 3. The Morgan fingerprint density at radius 1 is 1.12 bits per heavy atom. The molecule has 0 radical (unpaired) electrons. The molecule has 3 N–H and O–H groups in total. The number of anilines is 2. The highest BCUT2D eigenvalue weighted by atomic mass is 32.2. The van der Waals surface area contributed by atoms with Crippen molar-refractivity contribution in [3.05, 3.63) is 29.7 Å². The zero-order chi connectivity index (χ0) is 17.5. The second-order valence-corrected chi connectivity index (χ2v) is 8.59. The summed E-state index contributed by atoms with van der Waals surface area (Å²) in [6.45, 7) is 10.3. The monoisotopic (exact) mass is 343 g/mol. The van der Waals surface area contributed by atoms with Gasteiger partial charge in [-0.15, -0.1) is 11.8 Å². The van der Waals surface area contributed by atoms with Crippen LogP contribution in [-0.2, 0) is 0 Å². The summed E-state index contributed by atoms with van der Waals surface area (Å²) >= 11 is 1.61. The molecule has 3 aromatic rings. The summed E-state index contributed by atoms with van der Waals surface area (Å²) in [4.78, 5) is 9.42. The molecule has 0 atom stereocenters. The van der Waals surface area contributed by atoms with Gasteiger partial charge in [-0.25, -0.2) is 9.97 Å². The van der Waals surface area contributed by atoms with Gasteiger partial charge in [0, 0.05) is 27.5 Å². The van der Waals surface area contributed by atoms with Crippen molar-refractivity contribution in [3.8, 4) is 5.75 Å². The quantitative estimate of drug-likeness (QED) is 0.614. The predicted molar refractivity (Wildman–Crippen MR) is 98.2 cm³/mol. The molecule has 2 heterocycles. The lowest BCUT2D eigenvalue weighted by atomic mass is 10.2. The highest BCUT2D eigenvalue weighted by Gasteiger charge is 2.17. The van der Waals surface area contributed by atoms with E-state index in [0.717, 1.165) is 27.4 Å². The van der Waals surface area contributed by atoms with Crippen LogP contribution in [0.2, 0.25) is 0 Å². The van der Waals surface area contributed by atoms with E-state index in [1.165, 1.54) is 6.33 Å². The molecule has 6 nitrogen and oxygen atoms in total. The molecule has 0 saturated heterocycles. The molecule has 2 aromatic heterocycles. The van der Waals surface area contributed by atoms with Crippen LogP contribution < -0.4 is 5.32 Å². The van der Waals surface area contributed by atoms with Gasteiger partial charge in [-0.2, -0.15) is 5.10 Å². The molecule has 0 fully saturated rings. The first-order valence-corrected chi connectivity index (χ1v) is 8.51. The van der Waals surface area contributed by atoms with Gasteiger partial charge in [0.25, 0.3) is 0 Å². The third-order valence-corrected chi connectivity index (χ3v) is 4.78. The molecule has 0 aliphatic heterocycles. The van der Waals surface area contributed by atoms with Gasteiger partial charge in [0.15, 0.2) is 5.82 Å². The SMILES string of the molecule is Cc1[nH]nc(Nc2ncnc3cc(O)c(SC(C)(C)C)cc23)c1C. The van der Waals surface area contributed by atoms with Crippen LogP contribution in [0, 0.1) is 13.8 Å². The molecule has 3 rings (SSSR count). The van der Waals surface area contributed by atoms with E-state index in [0.29, 0.717) is 11.3 Å². The van der Waals surface area contributed by atoms with Crippen LogP contribution >= 0.6 is 11.8 Å². The average molecular weight is 343 g/mol. The number of aromatic hydroxyl groups is 1. The first-order chi connectivity index (χ1) is 11.2. The van der Waals surface area contributed by atoms with Crippen LogP contribution in [0.5, 0.6) is 5.75 Å². The fourth-order valence-corrected chi connectivity index (χ4v) is 3.30. The van der Waals surface area contributed by atoms with Crippen molar-refractivity contribution >= 4 is 34.3 Å². The third-order valence-electron chi connectivity index (χ3n) is 3.62. The molecule has 24 heavy (non-hydrogen) atoms. The van der Waals surface area contributed by atoms with Gasteiger partial charge in [0.2, 0.25) is 0 Å². The van der Waals surface area contributed by atoms with Crippen molar-refractivity contribution < 1.29 is 5.11 Å². The van der Waals surface area contributed by atoms with Gasteiger partial charge < -0.3 is 10.4 Å². The molecular formula is C17H21N5OS. The number of rotatable bonds is 3. The van der Waals surface area contributed by atoms with Crippen molar-refractivity contribution in [2.75, 3.05) is 5.32 Å². The van der Waals surface area contributed by atoms with Gasteiger partial charge >= 0.3 is 0 Å². The Morgan fingerprint density at radius 3 is 2.50 bits per heavy atom. The summed E-state index contributed by atoms with van der Waals surface area (Å²) in [5.74, 6) is 1.65. The smallest absolute Gasteiger partial charge is 0.156 e. The van der Waals surface area contributed by atoms with Gasteiger partial charge in [-0.05, 0) is 19.9 Å². The molecular weight excluding hydrogens is 322 g/mol. The minimum atomic E-state index is -0.00964. The number of aromatic nitrogens is 4. The second kappa shape index (κ2) is 5.98. The number of fused-ring (bicyclic) bond motifs is 1. The van der Waals surface area contributed by atoms with Crippen molar-refractivity contribution in [2.24, 2.45) is 0 Å². The van der Waals surface area contributed by atoms with E-state index < -0.39 is 0 Å².